The number of methoxy groups -OCH3 is 2. The number of sulfonamides is 1. The van der Waals surface area contributed by atoms with Gasteiger partial charge in [-0.05, 0) is 55.0 Å². The van der Waals surface area contributed by atoms with E-state index in [4.69, 9.17) is 9.47 Å². The maximum Gasteiger partial charge on any atom is 0.240 e. The second kappa shape index (κ2) is 9.47. The highest BCUT2D eigenvalue weighted by Crippen LogP contribution is 2.21. The molecule has 1 aliphatic heterocycles. The number of piperazine rings is 1. The number of aryl methyl sites for hydroxylation is 1. The van der Waals surface area contributed by atoms with Gasteiger partial charge < -0.3 is 14.4 Å². The van der Waals surface area contributed by atoms with Gasteiger partial charge in [0, 0.05) is 45.0 Å². The highest BCUT2D eigenvalue weighted by atomic mass is 32.2. The van der Waals surface area contributed by atoms with E-state index in [9.17, 15) is 8.42 Å². The van der Waals surface area contributed by atoms with Gasteiger partial charge in [0.1, 0.15) is 11.5 Å². The normalized spacial score (nSPS) is 15.3. The number of rotatable bonds is 8. The lowest BCUT2D eigenvalue weighted by Crippen LogP contribution is -2.48. The zero-order valence-electron chi connectivity index (χ0n) is 17.2. The molecular formula is C21H29N3O4S. The Labute approximate surface area is 173 Å². The molecule has 0 amide bonds. The summed E-state index contributed by atoms with van der Waals surface area (Å²) in [5.41, 5.74) is 1.85. The molecular weight excluding hydrogens is 390 g/mol. The quantitative estimate of drug-likeness (QED) is 0.707. The van der Waals surface area contributed by atoms with Crippen LogP contribution in [0.2, 0.25) is 0 Å². The minimum atomic E-state index is -3.53. The third-order valence-corrected chi connectivity index (χ3v) is 6.82. The fourth-order valence-electron chi connectivity index (χ4n) is 3.49. The number of hydrogen-bond acceptors (Lipinski definition) is 6. The first kappa shape index (κ1) is 21.4. The molecule has 0 saturated carbocycles. The summed E-state index contributed by atoms with van der Waals surface area (Å²) < 4.78 is 38.3. The van der Waals surface area contributed by atoms with Crippen LogP contribution in [0.1, 0.15) is 5.56 Å². The summed E-state index contributed by atoms with van der Waals surface area (Å²) in [7, 11) is -0.302. The first-order chi connectivity index (χ1) is 13.9. The molecule has 0 aliphatic carbocycles. The van der Waals surface area contributed by atoms with E-state index in [1.807, 2.05) is 12.1 Å². The van der Waals surface area contributed by atoms with E-state index in [1.54, 1.807) is 39.3 Å². The van der Waals surface area contributed by atoms with Crippen molar-refractivity contribution in [3.05, 3.63) is 48.0 Å². The van der Waals surface area contributed by atoms with Crippen molar-refractivity contribution in [1.29, 1.82) is 0 Å². The third kappa shape index (κ3) is 5.41. The molecule has 1 saturated heterocycles. The number of nitrogens with one attached hydrogen (secondary N) is 1. The van der Waals surface area contributed by atoms with E-state index in [0.29, 0.717) is 29.3 Å². The molecule has 0 unspecified atom stereocenters. The van der Waals surface area contributed by atoms with Gasteiger partial charge >= 0.3 is 0 Å². The standard InChI is InChI=1S/C21H29N3O4S/c1-17-16-20(28-3)8-9-21(17)29(25,26)22-10-11-23-12-14-24(15-13-23)18-4-6-19(27-2)7-5-18/h4-9,16,22H,10-15H2,1-3H3. The number of ether oxygens (including phenoxy) is 2. The molecule has 1 aliphatic rings. The van der Waals surface area contributed by atoms with Crippen molar-refractivity contribution in [3.8, 4) is 11.5 Å². The molecule has 1 heterocycles. The minimum Gasteiger partial charge on any atom is -0.497 e. The predicted octanol–water partition coefficient (Wildman–Crippen LogP) is 2.11. The van der Waals surface area contributed by atoms with E-state index < -0.39 is 10.0 Å². The molecule has 0 radical (unpaired) electrons. The molecule has 158 valence electrons. The van der Waals surface area contributed by atoms with Gasteiger partial charge in [-0.25, -0.2) is 13.1 Å². The van der Waals surface area contributed by atoms with Gasteiger partial charge in [-0.1, -0.05) is 0 Å². The number of hydrogen-bond donors (Lipinski definition) is 1. The average molecular weight is 420 g/mol. The largest absolute Gasteiger partial charge is 0.497 e. The monoisotopic (exact) mass is 419 g/mol. The van der Waals surface area contributed by atoms with Crippen LogP contribution in [0.25, 0.3) is 0 Å². The number of benzene rings is 2. The van der Waals surface area contributed by atoms with Crippen LogP contribution in [0.5, 0.6) is 11.5 Å². The highest BCUT2D eigenvalue weighted by Gasteiger charge is 2.20. The second-order valence-electron chi connectivity index (χ2n) is 7.06. The third-order valence-electron chi connectivity index (χ3n) is 5.20. The van der Waals surface area contributed by atoms with Crippen LogP contribution in [-0.4, -0.2) is 66.8 Å². The lowest BCUT2D eigenvalue weighted by molar-refractivity contribution is 0.262. The molecule has 29 heavy (non-hydrogen) atoms. The Morgan fingerprint density at radius 3 is 2.14 bits per heavy atom. The summed E-state index contributed by atoms with van der Waals surface area (Å²) in [6, 6.07) is 13.1. The molecule has 0 spiro atoms. The molecule has 0 aromatic heterocycles. The van der Waals surface area contributed by atoms with Gasteiger partial charge in [-0.3, -0.25) is 4.90 Å². The summed E-state index contributed by atoms with van der Waals surface area (Å²) in [6.07, 6.45) is 0. The fourth-order valence-corrected chi connectivity index (χ4v) is 4.73. The van der Waals surface area contributed by atoms with E-state index in [1.165, 1.54) is 5.69 Å². The van der Waals surface area contributed by atoms with Crippen LogP contribution in [0.4, 0.5) is 5.69 Å². The van der Waals surface area contributed by atoms with Crippen molar-refractivity contribution in [1.82, 2.24) is 9.62 Å². The Kier molecular flexibility index (Phi) is 7.00. The van der Waals surface area contributed by atoms with Crippen LogP contribution < -0.4 is 19.1 Å². The highest BCUT2D eigenvalue weighted by molar-refractivity contribution is 7.89. The van der Waals surface area contributed by atoms with Gasteiger partial charge in [-0.2, -0.15) is 0 Å². The first-order valence-electron chi connectivity index (χ1n) is 9.68. The zero-order chi connectivity index (χ0) is 20.9. The Bertz CT molecular complexity index is 908. The average Bonchev–Trinajstić information content (AvgIpc) is 2.74. The lowest BCUT2D eigenvalue weighted by Gasteiger charge is -2.36. The van der Waals surface area contributed by atoms with Crippen LogP contribution in [0.3, 0.4) is 0 Å². The predicted molar refractivity (Wildman–Crippen MR) is 115 cm³/mol. The Hall–Kier alpha value is -2.29. The van der Waals surface area contributed by atoms with Gasteiger partial charge in [-0.15, -0.1) is 0 Å². The topological polar surface area (TPSA) is 71.1 Å². The first-order valence-corrected chi connectivity index (χ1v) is 11.2. The van der Waals surface area contributed by atoms with Crippen molar-refractivity contribution in [3.63, 3.8) is 0 Å². The van der Waals surface area contributed by atoms with Gasteiger partial charge in [0.15, 0.2) is 0 Å². The number of anilines is 1. The van der Waals surface area contributed by atoms with Gasteiger partial charge in [0.2, 0.25) is 10.0 Å². The summed E-state index contributed by atoms with van der Waals surface area (Å²) in [6.45, 7) is 6.47. The summed E-state index contributed by atoms with van der Waals surface area (Å²) >= 11 is 0. The Morgan fingerprint density at radius 2 is 1.55 bits per heavy atom. The van der Waals surface area contributed by atoms with E-state index in [-0.39, 0.29) is 0 Å². The molecule has 8 heteroatoms. The number of nitrogens with zero attached hydrogens (tertiary/aromatic N) is 2. The summed E-state index contributed by atoms with van der Waals surface area (Å²) in [5, 5.41) is 0. The molecule has 2 aromatic rings. The molecule has 1 fully saturated rings. The molecule has 7 nitrogen and oxygen atoms in total. The van der Waals surface area contributed by atoms with E-state index in [2.05, 4.69) is 26.7 Å². The van der Waals surface area contributed by atoms with Crippen LogP contribution in [-0.2, 0) is 10.0 Å². The van der Waals surface area contributed by atoms with Gasteiger partial charge in [0.05, 0.1) is 19.1 Å². The van der Waals surface area contributed by atoms with E-state index >= 15 is 0 Å². The zero-order valence-corrected chi connectivity index (χ0v) is 18.0. The Morgan fingerprint density at radius 1 is 0.931 bits per heavy atom. The van der Waals surface area contributed by atoms with Crippen molar-refractivity contribution >= 4 is 15.7 Å². The SMILES string of the molecule is COc1ccc(N2CCN(CCNS(=O)(=O)c3ccc(OC)cc3C)CC2)cc1. The molecule has 3 rings (SSSR count). The maximum atomic E-state index is 12.6. The smallest absolute Gasteiger partial charge is 0.240 e. The van der Waals surface area contributed by atoms with Crippen LogP contribution >= 0.6 is 0 Å². The second-order valence-corrected chi connectivity index (χ2v) is 8.79. The van der Waals surface area contributed by atoms with Crippen molar-refractivity contribution in [2.24, 2.45) is 0 Å². The maximum absolute atomic E-state index is 12.6. The van der Waals surface area contributed by atoms with Crippen molar-refractivity contribution < 1.29 is 17.9 Å². The summed E-state index contributed by atoms with van der Waals surface area (Å²) in [5.74, 6) is 1.50. The van der Waals surface area contributed by atoms with E-state index in [0.717, 1.165) is 31.9 Å². The molecule has 2 aromatic carbocycles. The van der Waals surface area contributed by atoms with Crippen molar-refractivity contribution in [2.45, 2.75) is 11.8 Å². The fraction of sp³-hybridized carbons (Fsp3) is 0.429. The molecule has 1 N–H and O–H groups in total. The van der Waals surface area contributed by atoms with Gasteiger partial charge in [0.25, 0.3) is 0 Å². The van der Waals surface area contributed by atoms with Crippen LogP contribution in [0, 0.1) is 6.92 Å². The minimum absolute atomic E-state index is 0.294. The Balaban J connectivity index is 1.47. The molecule has 0 atom stereocenters. The van der Waals surface area contributed by atoms with Crippen LogP contribution in [0.15, 0.2) is 47.4 Å². The molecule has 0 bridgehead atoms. The lowest BCUT2D eigenvalue weighted by atomic mass is 10.2. The summed E-state index contributed by atoms with van der Waals surface area (Å²) in [4.78, 5) is 4.91. The van der Waals surface area contributed by atoms with Crippen molar-refractivity contribution in [2.75, 3.05) is 58.4 Å².